The minimum atomic E-state index is -3.06. The third kappa shape index (κ3) is 5.49. The molecule has 90 valence electrons. The van der Waals surface area contributed by atoms with Gasteiger partial charge in [0.25, 0.3) is 0 Å². The van der Waals surface area contributed by atoms with Crippen molar-refractivity contribution in [3.8, 4) is 0 Å². The summed E-state index contributed by atoms with van der Waals surface area (Å²) in [5.41, 5.74) is 5.31. The lowest BCUT2D eigenvalue weighted by atomic mass is 9.91. The Labute approximate surface area is 92.7 Å². The molecule has 15 heavy (non-hydrogen) atoms. The number of hydrogen-bond acceptors (Lipinski definition) is 3. The Balaban J connectivity index is 2.27. The Morgan fingerprint density at radius 2 is 1.87 bits per heavy atom. The van der Waals surface area contributed by atoms with Gasteiger partial charge in [-0.15, -0.1) is 0 Å². The summed E-state index contributed by atoms with van der Waals surface area (Å²) >= 11 is 0. The third-order valence-corrected chi connectivity index (χ3v) is 4.44. The van der Waals surface area contributed by atoms with Crippen LogP contribution in [0.3, 0.4) is 0 Å². The lowest BCUT2D eigenvalue weighted by molar-refractivity contribution is 0.384. The number of hydrogen-bond donors (Lipinski definition) is 2. The Bertz CT molecular complexity index is 259. The molecule has 0 aliphatic heterocycles. The van der Waals surface area contributed by atoms with Crippen molar-refractivity contribution in [2.75, 3.05) is 18.8 Å². The molecule has 1 aliphatic carbocycles. The van der Waals surface area contributed by atoms with Crippen LogP contribution < -0.4 is 10.5 Å². The average molecular weight is 234 g/mol. The summed E-state index contributed by atoms with van der Waals surface area (Å²) in [5.74, 6) is 0.673. The van der Waals surface area contributed by atoms with E-state index in [1.807, 2.05) is 0 Å². The van der Waals surface area contributed by atoms with Crippen LogP contribution in [-0.4, -0.2) is 27.3 Å². The molecule has 4 nitrogen and oxygen atoms in total. The van der Waals surface area contributed by atoms with E-state index < -0.39 is 10.0 Å². The maximum Gasteiger partial charge on any atom is 0.211 e. The van der Waals surface area contributed by atoms with Gasteiger partial charge in [-0.1, -0.05) is 19.3 Å². The first kappa shape index (κ1) is 12.9. The highest BCUT2D eigenvalue weighted by atomic mass is 32.2. The summed E-state index contributed by atoms with van der Waals surface area (Å²) in [6.45, 7) is 1.01. The summed E-state index contributed by atoms with van der Waals surface area (Å²) < 4.78 is 25.8. The van der Waals surface area contributed by atoms with Crippen LogP contribution in [0.1, 0.15) is 38.5 Å². The molecule has 3 N–H and O–H groups in total. The van der Waals surface area contributed by atoms with Crippen LogP contribution in [0, 0.1) is 5.92 Å². The predicted molar refractivity (Wildman–Crippen MR) is 62.0 cm³/mol. The predicted octanol–water partition coefficient (Wildman–Crippen LogP) is 0.835. The molecule has 0 atom stereocenters. The zero-order valence-corrected chi connectivity index (χ0v) is 10.1. The van der Waals surface area contributed by atoms with Gasteiger partial charge < -0.3 is 5.73 Å². The Morgan fingerprint density at radius 1 is 1.20 bits per heavy atom. The zero-order valence-electron chi connectivity index (χ0n) is 9.24. The van der Waals surface area contributed by atoms with Gasteiger partial charge in [0.2, 0.25) is 10.0 Å². The summed E-state index contributed by atoms with van der Waals surface area (Å²) in [6.07, 6.45) is 6.47. The van der Waals surface area contributed by atoms with E-state index in [0.29, 0.717) is 31.2 Å². The maximum atomic E-state index is 11.6. The molecule has 0 spiro atoms. The number of nitrogens with two attached hydrogens (primary N) is 1. The SMILES string of the molecule is NCCCNS(=O)(=O)CC1CCCCC1. The molecule has 5 heteroatoms. The van der Waals surface area contributed by atoms with Crippen molar-refractivity contribution < 1.29 is 8.42 Å². The smallest absolute Gasteiger partial charge is 0.211 e. The first-order valence-corrected chi connectivity index (χ1v) is 7.46. The highest BCUT2D eigenvalue weighted by Gasteiger charge is 2.20. The fourth-order valence-corrected chi connectivity index (χ4v) is 3.58. The van der Waals surface area contributed by atoms with Crippen molar-refractivity contribution in [3.05, 3.63) is 0 Å². The molecule has 0 aromatic rings. The van der Waals surface area contributed by atoms with E-state index in [4.69, 9.17) is 5.73 Å². The molecule has 0 heterocycles. The highest BCUT2D eigenvalue weighted by molar-refractivity contribution is 7.89. The average Bonchev–Trinajstić information content (AvgIpc) is 2.18. The van der Waals surface area contributed by atoms with Gasteiger partial charge in [-0.05, 0) is 31.7 Å². The summed E-state index contributed by atoms with van der Waals surface area (Å²) in [4.78, 5) is 0. The molecule has 0 unspecified atom stereocenters. The molecule has 0 aromatic heterocycles. The van der Waals surface area contributed by atoms with Gasteiger partial charge in [-0.2, -0.15) is 0 Å². The minimum Gasteiger partial charge on any atom is -0.330 e. The van der Waals surface area contributed by atoms with Gasteiger partial charge in [0.1, 0.15) is 0 Å². The van der Waals surface area contributed by atoms with E-state index in [1.54, 1.807) is 0 Å². The second-order valence-corrected chi connectivity index (χ2v) is 6.17. The molecule has 1 rings (SSSR count). The van der Waals surface area contributed by atoms with E-state index in [2.05, 4.69) is 4.72 Å². The lowest BCUT2D eigenvalue weighted by Gasteiger charge is -2.21. The van der Waals surface area contributed by atoms with E-state index >= 15 is 0 Å². The van der Waals surface area contributed by atoms with Crippen LogP contribution in [0.5, 0.6) is 0 Å². The first-order chi connectivity index (χ1) is 7.14. The zero-order chi connectivity index (χ0) is 11.1. The van der Waals surface area contributed by atoms with E-state index in [9.17, 15) is 8.42 Å². The van der Waals surface area contributed by atoms with Gasteiger partial charge >= 0.3 is 0 Å². The number of rotatable bonds is 6. The molecule has 0 aromatic carbocycles. The van der Waals surface area contributed by atoms with Gasteiger partial charge in [-0.3, -0.25) is 0 Å². The fraction of sp³-hybridized carbons (Fsp3) is 1.00. The molecule has 0 radical (unpaired) electrons. The van der Waals surface area contributed by atoms with Crippen molar-refractivity contribution in [2.45, 2.75) is 38.5 Å². The molecule has 0 bridgehead atoms. The van der Waals surface area contributed by atoms with E-state index in [1.165, 1.54) is 19.3 Å². The Morgan fingerprint density at radius 3 is 2.47 bits per heavy atom. The molecule has 0 amide bonds. The van der Waals surface area contributed by atoms with Crippen molar-refractivity contribution in [1.82, 2.24) is 4.72 Å². The summed E-state index contributed by atoms with van der Waals surface area (Å²) in [5, 5.41) is 0. The quantitative estimate of drug-likeness (QED) is 0.669. The standard InChI is InChI=1S/C10H22N2O2S/c11-7-4-8-12-15(13,14)9-10-5-2-1-3-6-10/h10,12H,1-9,11H2. The van der Waals surface area contributed by atoms with E-state index in [0.717, 1.165) is 12.8 Å². The topological polar surface area (TPSA) is 72.2 Å². The summed E-state index contributed by atoms with van der Waals surface area (Å²) in [7, 11) is -3.06. The van der Waals surface area contributed by atoms with Gasteiger partial charge in [-0.25, -0.2) is 13.1 Å². The highest BCUT2D eigenvalue weighted by Crippen LogP contribution is 2.24. The molecule has 1 fully saturated rings. The Kier molecular flexibility index (Phi) is 5.56. The summed E-state index contributed by atoms with van der Waals surface area (Å²) in [6, 6.07) is 0. The van der Waals surface area contributed by atoms with Crippen LogP contribution >= 0.6 is 0 Å². The van der Waals surface area contributed by atoms with Crippen LogP contribution in [0.25, 0.3) is 0 Å². The first-order valence-electron chi connectivity index (χ1n) is 5.81. The number of nitrogens with one attached hydrogen (secondary N) is 1. The van der Waals surface area contributed by atoms with E-state index in [-0.39, 0.29) is 0 Å². The van der Waals surface area contributed by atoms with Crippen molar-refractivity contribution in [1.29, 1.82) is 0 Å². The minimum absolute atomic E-state index is 0.303. The molecule has 1 aliphatic rings. The largest absolute Gasteiger partial charge is 0.330 e. The van der Waals surface area contributed by atoms with Gasteiger partial charge in [0.15, 0.2) is 0 Å². The maximum absolute atomic E-state index is 11.6. The lowest BCUT2D eigenvalue weighted by Crippen LogP contribution is -2.32. The van der Waals surface area contributed by atoms with Crippen LogP contribution in [-0.2, 0) is 10.0 Å². The molecular weight excluding hydrogens is 212 g/mol. The van der Waals surface area contributed by atoms with Crippen molar-refractivity contribution in [2.24, 2.45) is 11.7 Å². The second-order valence-electron chi connectivity index (χ2n) is 4.32. The molecule has 1 saturated carbocycles. The number of sulfonamides is 1. The monoisotopic (exact) mass is 234 g/mol. The van der Waals surface area contributed by atoms with Crippen molar-refractivity contribution in [3.63, 3.8) is 0 Å². The van der Waals surface area contributed by atoms with Crippen LogP contribution in [0.15, 0.2) is 0 Å². The third-order valence-electron chi connectivity index (χ3n) is 2.88. The van der Waals surface area contributed by atoms with Crippen LogP contribution in [0.2, 0.25) is 0 Å². The van der Waals surface area contributed by atoms with Crippen molar-refractivity contribution >= 4 is 10.0 Å². The fourth-order valence-electron chi connectivity index (χ4n) is 2.05. The normalized spacial score (nSPS) is 19.3. The second kappa shape index (κ2) is 6.45. The van der Waals surface area contributed by atoms with Gasteiger partial charge in [0.05, 0.1) is 5.75 Å². The molecular formula is C10H22N2O2S. The van der Waals surface area contributed by atoms with Crippen LogP contribution in [0.4, 0.5) is 0 Å². The van der Waals surface area contributed by atoms with Gasteiger partial charge in [0, 0.05) is 6.54 Å². The Hall–Kier alpha value is -0.130. The molecule has 0 saturated heterocycles.